The van der Waals surface area contributed by atoms with Crippen molar-refractivity contribution in [2.75, 3.05) is 25.5 Å². The largest absolute Gasteiger partial charge is 0.496 e. The number of hydrogen-bond donors (Lipinski definition) is 2. The number of rotatable bonds is 3. The maximum absolute atomic E-state index is 12.0. The van der Waals surface area contributed by atoms with Crippen molar-refractivity contribution < 1.29 is 9.53 Å². The number of benzene rings is 1. The van der Waals surface area contributed by atoms with Gasteiger partial charge in [-0.15, -0.1) is 0 Å². The Hall–Kier alpha value is -1.07. The molecule has 1 saturated heterocycles. The summed E-state index contributed by atoms with van der Waals surface area (Å²) in [7, 11) is 1.62. The molecule has 1 heterocycles. The molecule has 98 valence electrons. The quantitative estimate of drug-likeness (QED) is 0.901. The minimum Gasteiger partial charge on any atom is -0.496 e. The summed E-state index contributed by atoms with van der Waals surface area (Å²) in [6.07, 6.45) is 1.81. The molecule has 0 spiro atoms. The number of anilines is 1. The Kier molecular flexibility index (Phi) is 4.60. The summed E-state index contributed by atoms with van der Waals surface area (Å²) >= 11 is 3.41. The van der Waals surface area contributed by atoms with Crippen LogP contribution in [0.2, 0.25) is 0 Å². The molecule has 4 nitrogen and oxygen atoms in total. The molecule has 0 atom stereocenters. The van der Waals surface area contributed by atoms with Gasteiger partial charge < -0.3 is 15.4 Å². The molecule has 0 bridgehead atoms. The molecule has 1 aliphatic heterocycles. The van der Waals surface area contributed by atoms with Crippen molar-refractivity contribution in [2.45, 2.75) is 12.8 Å². The van der Waals surface area contributed by atoms with Gasteiger partial charge in [0.2, 0.25) is 5.91 Å². The first-order chi connectivity index (χ1) is 8.70. The summed E-state index contributed by atoms with van der Waals surface area (Å²) in [5.41, 5.74) is 0.797. The SMILES string of the molecule is COc1ccc(NC(=O)C2CCNCC2)cc1Br. The lowest BCUT2D eigenvalue weighted by molar-refractivity contribution is -0.120. The van der Waals surface area contributed by atoms with Crippen LogP contribution in [0, 0.1) is 5.92 Å². The lowest BCUT2D eigenvalue weighted by Gasteiger charge is -2.21. The third-order valence-corrected chi connectivity index (χ3v) is 3.75. The van der Waals surface area contributed by atoms with Crippen LogP contribution in [-0.2, 0) is 4.79 Å². The van der Waals surface area contributed by atoms with Gasteiger partial charge in [0.25, 0.3) is 0 Å². The molecular weight excluding hydrogens is 296 g/mol. The maximum Gasteiger partial charge on any atom is 0.227 e. The molecule has 1 aromatic rings. The van der Waals surface area contributed by atoms with Crippen LogP contribution in [0.1, 0.15) is 12.8 Å². The number of ether oxygens (including phenoxy) is 1. The fourth-order valence-corrected chi connectivity index (χ4v) is 2.61. The summed E-state index contributed by atoms with van der Waals surface area (Å²) in [6.45, 7) is 1.84. The number of methoxy groups -OCH3 is 1. The molecule has 1 amide bonds. The Labute approximate surface area is 115 Å². The zero-order valence-corrected chi connectivity index (χ0v) is 11.9. The van der Waals surface area contributed by atoms with E-state index in [0.717, 1.165) is 41.8 Å². The second-order valence-electron chi connectivity index (χ2n) is 4.36. The van der Waals surface area contributed by atoms with Crippen molar-refractivity contribution in [1.29, 1.82) is 0 Å². The van der Waals surface area contributed by atoms with Crippen molar-refractivity contribution in [3.63, 3.8) is 0 Å². The number of carbonyl (C=O) groups is 1. The molecule has 18 heavy (non-hydrogen) atoms. The highest BCUT2D eigenvalue weighted by Crippen LogP contribution is 2.28. The zero-order valence-electron chi connectivity index (χ0n) is 10.3. The van der Waals surface area contributed by atoms with E-state index in [0.29, 0.717) is 0 Å². The van der Waals surface area contributed by atoms with Crippen molar-refractivity contribution in [3.8, 4) is 5.75 Å². The van der Waals surface area contributed by atoms with Crippen LogP contribution >= 0.6 is 15.9 Å². The molecule has 1 aromatic carbocycles. The monoisotopic (exact) mass is 312 g/mol. The molecule has 0 unspecified atom stereocenters. The van der Waals surface area contributed by atoms with Gasteiger partial charge in [-0.3, -0.25) is 4.79 Å². The lowest BCUT2D eigenvalue weighted by Crippen LogP contribution is -2.34. The normalized spacial score (nSPS) is 16.3. The van der Waals surface area contributed by atoms with E-state index in [1.54, 1.807) is 7.11 Å². The molecular formula is C13H17BrN2O2. The van der Waals surface area contributed by atoms with E-state index in [1.807, 2.05) is 18.2 Å². The van der Waals surface area contributed by atoms with Crippen molar-refractivity contribution >= 4 is 27.5 Å². The van der Waals surface area contributed by atoms with Gasteiger partial charge in [-0.2, -0.15) is 0 Å². The highest BCUT2D eigenvalue weighted by molar-refractivity contribution is 9.10. The Morgan fingerprint density at radius 2 is 2.17 bits per heavy atom. The summed E-state index contributed by atoms with van der Waals surface area (Å²) in [5, 5.41) is 6.21. The Morgan fingerprint density at radius 1 is 1.44 bits per heavy atom. The molecule has 1 fully saturated rings. The van der Waals surface area contributed by atoms with Gasteiger partial charge >= 0.3 is 0 Å². The maximum atomic E-state index is 12.0. The molecule has 0 radical (unpaired) electrons. The van der Waals surface area contributed by atoms with Gasteiger partial charge in [-0.25, -0.2) is 0 Å². The fourth-order valence-electron chi connectivity index (χ4n) is 2.07. The van der Waals surface area contributed by atoms with Crippen LogP contribution in [0.5, 0.6) is 5.75 Å². The summed E-state index contributed by atoms with van der Waals surface area (Å²) < 4.78 is 5.99. The summed E-state index contributed by atoms with van der Waals surface area (Å²) in [5.74, 6) is 0.982. The van der Waals surface area contributed by atoms with Gasteiger partial charge in [-0.05, 0) is 60.1 Å². The number of carbonyl (C=O) groups excluding carboxylic acids is 1. The van der Waals surface area contributed by atoms with Crippen LogP contribution in [0.15, 0.2) is 22.7 Å². The number of hydrogen-bond acceptors (Lipinski definition) is 3. The first kappa shape index (κ1) is 13.4. The van der Waals surface area contributed by atoms with Gasteiger partial charge in [0.1, 0.15) is 5.75 Å². The predicted molar refractivity (Wildman–Crippen MR) is 74.9 cm³/mol. The molecule has 0 saturated carbocycles. The first-order valence-corrected chi connectivity index (χ1v) is 6.85. The number of halogens is 1. The van der Waals surface area contributed by atoms with Crippen LogP contribution in [0.4, 0.5) is 5.69 Å². The Bertz CT molecular complexity index is 431. The highest BCUT2D eigenvalue weighted by Gasteiger charge is 2.20. The average molecular weight is 313 g/mol. The molecule has 2 N–H and O–H groups in total. The Morgan fingerprint density at radius 3 is 2.78 bits per heavy atom. The van der Waals surface area contributed by atoms with E-state index in [4.69, 9.17) is 4.74 Å². The molecule has 2 rings (SSSR count). The van der Waals surface area contributed by atoms with Crippen LogP contribution in [0.25, 0.3) is 0 Å². The van der Waals surface area contributed by atoms with Crippen LogP contribution < -0.4 is 15.4 Å². The van der Waals surface area contributed by atoms with Gasteiger partial charge in [0.05, 0.1) is 11.6 Å². The number of amides is 1. The molecule has 1 aliphatic rings. The van der Waals surface area contributed by atoms with Crippen LogP contribution in [-0.4, -0.2) is 26.1 Å². The minimum absolute atomic E-state index is 0.105. The standard InChI is InChI=1S/C13H17BrN2O2/c1-18-12-3-2-10(8-11(12)14)16-13(17)9-4-6-15-7-5-9/h2-3,8-9,15H,4-7H2,1H3,(H,16,17). The molecule has 0 aliphatic carbocycles. The van der Waals surface area contributed by atoms with E-state index in [-0.39, 0.29) is 11.8 Å². The van der Waals surface area contributed by atoms with Gasteiger partial charge in [0, 0.05) is 11.6 Å². The number of piperidine rings is 1. The van der Waals surface area contributed by atoms with Gasteiger partial charge in [-0.1, -0.05) is 0 Å². The molecule has 0 aromatic heterocycles. The second-order valence-corrected chi connectivity index (χ2v) is 5.22. The highest BCUT2D eigenvalue weighted by atomic mass is 79.9. The van der Waals surface area contributed by atoms with E-state index >= 15 is 0 Å². The third-order valence-electron chi connectivity index (χ3n) is 3.13. The van der Waals surface area contributed by atoms with E-state index in [9.17, 15) is 4.79 Å². The van der Waals surface area contributed by atoms with Crippen molar-refractivity contribution in [2.24, 2.45) is 5.92 Å². The second kappa shape index (κ2) is 6.20. The lowest BCUT2D eigenvalue weighted by atomic mass is 9.97. The van der Waals surface area contributed by atoms with E-state index < -0.39 is 0 Å². The minimum atomic E-state index is 0.105. The zero-order chi connectivity index (χ0) is 13.0. The summed E-state index contributed by atoms with van der Waals surface area (Å²) in [6, 6.07) is 5.54. The Balaban J connectivity index is 2.00. The van der Waals surface area contributed by atoms with E-state index in [1.165, 1.54) is 0 Å². The van der Waals surface area contributed by atoms with Crippen molar-refractivity contribution in [1.82, 2.24) is 5.32 Å². The van der Waals surface area contributed by atoms with Crippen molar-refractivity contribution in [3.05, 3.63) is 22.7 Å². The predicted octanol–water partition coefficient (Wildman–Crippen LogP) is 2.40. The van der Waals surface area contributed by atoms with Gasteiger partial charge in [0.15, 0.2) is 0 Å². The third kappa shape index (κ3) is 3.23. The number of nitrogens with one attached hydrogen (secondary N) is 2. The smallest absolute Gasteiger partial charge is 0.227 e. The average Bonchev–Trinajstić information content (AvgIpc) is 2.40. The fraction of sp³-hybridized carbons (Fsp3) is 0.462. The van der Waals surface area contributed by atoms with E-state index in [2.05, 4.69) is 26.6 Å². The summed E-state index contributed by atoms with van der Waals surface area (Å²) in [4.78, 5) is 12.0. The van der Waals surface area contributed by atoms with Crippen LogP contribution in [0.3, 0.4) is 0 Å². The molecule has 5 heteroatoms. The first-order valence-electron chi connectivity index (χ1n) is 6.06. The topological polar surface area (TPSA) is 50.4 Å².